The lowest BCUT2D eigenvalue weighted by molar-refractivity contribution is -0.141. The minimum absolute atomic E-state index is 0.127. The summed E-state index contributed by atoms with van der Waals surface area (Å²) in [6.45, 7) is 3.60. The molecule has 0 spiro atoms. The van der Waals surface area contributed by atoms with Crippen LogP contribution in [0.15, 0.2) is 11.6 Å². The average molecular weight is 197 g/mol. The van der Waals surface area contributed by atoms with Gasteiger partial charge in [-0.1, -0.05) is 5.57 Å². The first kappa shape index (κ1) is 10.8. The van der Waals surface area contributed by atoms with Crippen molar-refractivity contribution in [2.75, 3.05) is 0 Å². The number of aliphatic carboxylic acids is 1. The minimum Gasteiger partial charge on any atom is -0.480 e. The van der Waals surface area contributed by atoms with Gasteiger partial charge in [0.15, 0.2) is 0 Å². The Kier molecular flexibility index (Phi) is 3.28. The maximum Gasteiger partial charge on any atom is 0.326 e. The van der Waals surface area contributed by atoms with E-state index in [0.29, 0.717) is 0 Å². The Hall–Kier alpha value is -1.32. The second-order valence-corrected chi connectivity index (χ2v) is 3.88. The zero-order valence-electron chi connectivity index (χ0n) is 8.41. The van der Waals surface area contributed by atoms with Gasteiger partial charge in [0.1, 0.15) is 6.04 Å². The van der Waals surface area contributed by atoms with Crippen molar-refractivity contribution < 1.29 is 14.7 Å². The highest BCUT2D eigenvalue weighted by Gasteiger charge is 2.36. The van der Waals surface area contributed by atoms with Crippen LogP contribution >= 0.6 is 0 Å². The van der Waals surface area contributed by atoms with E-state index in [1.54, 1.807) is 13.8 Å². The molecule has 0 aliphatic heterocycles. The van der Waals surface area contributed by atoms with Gasteiger partial charge < -0.3 is 10.4 Å². The number of nitrogens with one attached hydrogen (secondary N) is 1. The summed E-state index contributed by atoms with van der Waals surface area (Å²) >= 11 is 0. The normalized spacial score (nSPS) is 17.0. The van der Waals surface area contributed by atoms with E-state index in [9.17, 15) is 9.59 Å². The molecule has 1 unspecified atom stereocenters. The molecule has 0 bridgehead atoms. The van der Waals surface area contributed by atoms with Crippen molar-refractivity contribution in [2.24, 2.45) is 5.92 Å². The zero-order valence-corrected chi connectivity index (χ0v) is 8.41. The average Bonchev–Trinajstić information content (AvgIpc) is 2.80. The van der Waals surface area contributed by atoms with Crippen LogP contribution in [0.25, 0.3) is 0 Å². The van der Waals surface area contributed by atoms with E-state index in [1.807, 2.05) is 0 Å². The summed E-state index contributed by atoms with van der Waals surface area (Å²) in [5.74, 6) is -1.13. The molecular formula is C10H15NO3. The fourth-order valence-corrected chi connectivity index (χ4v) is 1.27. The summed E-state index contributed by atoms with van der Waals surface area (Å²) in [4.78, 5) is 22.0. The molecule has 1 rings (SSSR count). The number of carbonyl (C=O) groups is 2. The highest BCUT2D eigenvalue weighted by molar-refractivity contribution is 5.91. The molecule has 14 heavy (non-hydrogen) atoms. The molecule has 1 saturated carbocycles. The largest absolute Gasteiger partial charge is 0.480 e. The van der Waals surface area contributed by atoms with Crippen molar-refractivity contribution in [3.8, 4) is 0 Å². The van der Waals surface area contributed by atoms with Gasteiger partial charge in [0, 0.05) is 6.08 Å². The van der Waals surface area contributed by atoms with Crippen LogP contribution in [-0.4, -0.2) is 23.0 Å². The molecule has 4 heteroatoms. The van der Waals surface area contributed by atoms with E-state index in [2.05, 4.69) is 5.32 Å². The van der Waals surface area contributed by atoms with Crippen molar-refractivity contribution >= 4 is 11.9 Å². The molecule has 0 aromatic heterocycles. The number of carboxylic acids is 1. The lowest BCUT2D eigenvalue weighted by atomic mass is 10.2. The molecule has 1 amide bonds. The lowest BCUT2D eigenvalue weighted by Gasteiger charge is -2.11. The number of rotatable bonds is 4. The van der Waals surface area contributed by atoms with E-state index >= 15 is 0 Å². The van der Waals surface area contributed by atoms with Crippen LogP contribution in [0.1, 0.15) is 26.7 Å². The van der Waals surface area contributed by atoms with Gasteiger partial charge in [-0.3, -0.25) is 4.79 Å². The predicted octanol–water partition coefficient (Wildman–Crippen LogP) is 0.932. The van der Waals surface area contributed by atoms with Gasteiger partial charge in [0.05, 0.1) is 0 Å². The van der Waals surface area contributed by atoms with Crippen molar-refractivity contribution in [1.82, 2.24) is 5.32 Å². The van der Waals surface area contributed by atoms with Gasteiger partial charge in [-0.2, -0.15) is 0 Å². The molecule has 0 heterocycles. The molecule has 4 nitrogen and oxygen atoms in total. The van der Waals surface area contributed by atoms with Gasteiger partial charge in [0.25, 0.3) is 0 Å². The van der Waals surface area contributed by atoms with Gasteiger partial charge in [0.2, 0.25) is 5.91 Å². The van der Waals surface area contributed by atoms with Crippen LogP contribution < -0.4 is 5.32 Å². The zero-order chi connectivity index (χ0) is 10.7. The summed E-state index contributed by atoms with van der Waals surface area (Å²) in [6, 6.07) is -0.710. The number of amides is 1. The highest BCUT2D eigenvalue weighted by Crippen LogP contribution is 2.32. The maximum absolute atomic E-state index is 11.2. The number of hydrogen-bond donors (Lipinski definition) is 2. The SMILES string of the molecule is CC(C)=CC(=O)NC(C(=O)O)C1CC1. The quantitative estimate of drug-likeness (QED) is 0.659. The molecule has 1 aliphatic rings. The fourth-order valence-electron chi connectivity index (χ4n) is 1.27. The standard InChI is InChI=1S/C10H15NO3/c1-6(2)5-8(12)11-9(10(13)14)7-3-4-7/h5,7,9H,3-4H2,1-2H3,(H,11,12)(H,13,14). The molecule has 78 valence electrons. The lowest BCUT2D eigenvalue weighted by Crippen LogP contribution is -2.41. The van der Waals surface area contributed by atoms with Crippen molar-refractivity contribution in [3.63, 3.8) is 0 Å². The van der Waals surface area contributed by atoms with Crippen molar-refractivity contribution in [1.29, 1.82) is 0 Å². The Bertz CT molecular complexity index is 275. The molecule has 2 N–H and O–H groups in total. The molecule has 0 radical (unpaired) electrons. The van der Waals surface area contributed by atoms with Crippen molar-refractivity contribution in [2.45, 2.75) is 32.7 Å². The number of allylic oxidation sites excluding steroid dienone is 1. The third kappa shape index (κ3) is 3.20. The summed E-state index contributed by atoms with van der Waals surface area (Å²) in [5, 5.41) is 11.3. The van der Waals surface area contributed by atoms with Crippen LogP contribution in [0.2, 0.25) is 0 Å². The Labute approximate surface area is 83.0 Å². The van der Waals surface area contributed by atoms with E-state index < -0.39 is 12.0 Å². The topological polar surface area (TPSA) is 66.4 Å². The molecule has 0 aromatic rings. The Morgan fingerprint density at radius 2 is 2.00 bits per heavy atom. The molecule has 0 saturated heterocycles. The van der Waals surface area contributed by atoms with Crippen molar-refractivity contribution in [3.05, 3.63) is 11.6 Å². The van der Waals surface area contributed by atoms with Gasteiger partial charge in [-0.15, -0.1) is 0 Å². The maximum atomic E-state index is 11.2. The first-order valence-corrected chi connectivity index (χ1v) is 4.69. The van der Waals surface area contributed by atoms with Crippen LogP contribution in [0.3, 0.4) is 0 Å². The van der Waals surface area contributed by atoms with Crippen LogP contribution in [-0.2, 0) is 9.59 Å². The molecule has 1 fully saturated rings. The number of hydrogen-bond acceptors (Lipinski definition) is 2. The van der Waals surface area contributed by atoms with E-state index in [1.165, 1.54) is 6.08 Å². The predicted molar refractivity (Wildman–Crippen MR) is 51.7 cm³/mol. The summed E-state index contributed by atoms with van der Waals surface area (Å²) in [7, 11) is 0. The van der Waals surface area contributed by atoms with Gasteiger partial charge >= 0.3 is 5.97 Å². The molecule has 1 atom stereocenters. The van der Waals surface area contributed by atoms with E-state index in [0.717, 1.165) is 18.4 Å². The smallest absolute Gasteiger partial charge is 0.326 e. The molecular weight excluding hydrogens is 182 g/mol. The summed E-state index contributed by atoms with van der Waals surface area (Å²) in [5.41, 5.74) is 0.863. The van der Waals surface area contributed by atoms with Crippen LogP contribution in [0.4, 0.5) is 0 Å². The van der Waals surface area contributed by atoms with E-state index in [-0.39, 0.29) is 11.8 Å². The third-order valence-corrected chi connectivity index (χ3v) is 2.08. The Balaban J connectivity index is 2.51. The second-order valence-electron chi connectivity index (χ2n) is 3.88. The number of carbonyl (C=O) groups excluding carboxylic acids is 1. The Morgan fingerprint density at radius 1 is 1.43 bits per heavy atom. The van der Waals surface area contributed by atoms with Gasteiger partial charge in [-0.25, -0.2) is 4.79 Å². The first-order chi connectivity index (χ1) is 6.50. The summed E-state index contributed by atoms with van der Waals surface area (Å²) in [6.07, 6.45) is 3.20. The fraction of sp³-hybridized carbons (Fsp3) is 0.600. The van der Waals surface area contributed by atoms with Crippen LogP contribution in [0.5, 0.6) is 0 Å². The number of carboxylic acid groups (broad SMARTS) is 1. The first-order valence-electron chi connectivity index (χ1n) is 4.69. The Morgan fingerprint density at radius 3 is 2.36 bits per heavy atom. The van der Waals surface area contributed by atoms with E-state index in [4.69, 9.17) is 5.11 Å². The highest BCUT2D eigenvalue weighted by atomic mass is 16.4. The summed E-state index contributed by atoms with van der Waals surface area (Å²) < 4.78 is 0. The van der Waals surface area contributed by atoms with Gasteiger partial charge in [-0.05, 0) is 32.6 Å². The third-order valence-electron chi connectivity index (χ3n) is 2.08. The van der Waals surface area contributed by atoms with Crippen LogP contribution in [0, 0.1) is 5.92 Å². The molecule has 0 aromatic carbocycles. The second kappa shape index (κ2) is 4.26. The molecule has 1 aliphatic carbocycles. The monoisotopic (exact) mass is 197 g/mol. The minimum atomic E-state index is -0.942.